The minimum absolute atomic E-state index is 0.0299. The van der Waals surface area contributed by atoms with Crippen LogP contribution in [0.4, 0.5) is 5.95 Å². The van der Waals surface area contributed by atoms with E-state index in [1.807, 2.05) is 28.8 Å². The van der Waals surface area contributed by atoms with Crippen LogP contribution in [0.2, 0.25) is 0 Å². The van der Waals surface area contributed by atoms with Crippen molar-refractivity contribution in [3.05, 3.63) is 24.3 Å². The van der Waals surface area contributed by atoms with Gasteiger partial charge in [0.1, 0.15) is 0 Å². The van der Waals surface area contributed by atoms with E-state index in [2.05, 4.69) is 9.88 Å². The van der Waals surface area contributed by atoms with Gasteiger partial charge < -0.3 is 29.9 Å². The van der Waals surface area contributed by atoms with E-state index < -0.39 is 6.10 Å². The molecule has 0 saturated carbocycles. The van der Waals surface area contributed by atoms with Crippen LogP contribution in [0, 0.1) is 5.92 Å². The number of para-hydroxylation sites is 2. The Morgan fingerprint density at radius 3 is 2.67 bits per heavy atom. The Labute approximate surface area is 139 Å². The summed E-state index contributed by atoms with van der Waals surface area (Å²) in [5.41, 5.74) is 1.89. The number of aromatic nitrogens is 2. The molecule has 2 atom stereocenters. The molecule has 4 N–H and O–H groups in total. The number of hydrogen-bond acceptors (Lipinski definition) is 6. The maximum atomic E-state index is 9.89. The van der Waals surface area contributed by atoms with E-state index in [0.29, 0.717) is 26.1 Å². The third-order valence-corrected chi connectivity index (χ3v) is 4.17. The highest BCUT2D eigenvalue weighted by molar-refractivity contribution is 5.78. The van der Waals surface area contributed by atoms with Crippen LogP contribution in [0.1, 0.15) is 6.42 Å². The summed E-state index contributed by atoms with van der Waals surface area (Å²) in [4.78, 5) is 15.1. The number of carbonyl (C=O) groups is 1. The van der Waals surface area contributed by atoms with Gasteiger partial charge in [-0.25, -0.2) is 4.98 Å². The minimum atomic E-state index is -0.457. The van der Waals surface area contributed by atoms with Gasteiger partial charge in [-0.2, -0.15) is 0 Å². The zero-order valence-electron chi connectivity index (χ0n) is 13.3. The molecule has 1 aliphatic heterocycles. The summed E-state index contributed by atoms with van der Waals surface area (Å²) < 4.78 is 2.00. The summed E-state index contributed by atoms with van der Waals surface area (Å²) in [6.07, 6.45) is 0.162. The molecule has 132 valence electrons. The monoisotopic (exact) mass is 337 g/mol. The number of nitrogens with zero attached hydrogens (tertiary/aromatic N) is 3. The van der Waals surface area contributed by atoms with E-state index in [4.69, 9.17) is 9.90 Å². The van der Waals surface area contributed by atoms with Crippen molar-refractivity contribution < 1.29 is 25.2 Å². The van der Waals surface area contributed by atoms with Crippen LogP contribution in [0.5, 0.6) is 0 Å². The van der Waals surface area contributed by atoms with Crippen LogP contribution in [0.15, 0.2) is 24.3 Å². The Morgan fingerprint density at radius 1 is 1.29 bits per heavy atom. The Hall–Kier alpha value is -2.16. The zero-order valence-corrected chi connectivity index (χ0v) is 13.3. The van der Waals surface area contributed by atoms with Gasteiger partial charge in [0.15, 0.2) is 0 Å². The minimum Gasteiger partial charge on any atom is -0.483 e. The standard InChI is InChI=1S/C15H21N3O3.CH2O2/c19-8-7-18-13-4-2-1-3-12(13)16-15(18)17-6-5-14(21)11(9-17)10-20;2-1-3/h1-4,11,14,19-21H,5-10H2;1H,(H,2,3)/t11-,14-;/m0./s1. The lowest BCUT2D eigenvalue weighted by Gasteiger charge is -2.36. The van der Waals surface area contributed by atoms with Crippen LogP contribution >= 0.6 is 0 Å². The summed E-state index contributed by atoms with van der Waals surface area (Å²) in [6, 6.07) is 7.84. The first-order valence-electron chi connectivity index (χ1n) is 7.84. The topological polar surface area (TPSA) is 119 Å². The molecule has 0 unspecified atom stereocenters. The molecular formula is C16H23N3O5. The number of piperidine rings is 1. The number of hydrogen-bond donors (Lipinski definition) is 4. The van der Waals surface area contributed by atoms with Crippen molar-refractivity contribution in [3.8, 4) is 0 Å². The van der Waals surface area contributed by atoms with Crippen molar-refractivity contribution in [3.63, 3.8) is 0 Å². The van der Waals surface area contributed by atoms with Crippen LogP contribution < -0.4 is 4.90 Å². The number of benzene rings is 1. The molecule has 3 rings (SSSR count). The van der Waals surface area contributed by atoms with Crippen molar-refractivity contribution in [2.45, 2.75) is 19.1 Å². The van der Waals surface area contributed by atoms with E-state index in [1.54, 1.807) is 0 Å². The average molecular weight is 337 g/mol. The molecule has 2 aromatic rings. The first-order chi connectivity index (χ1) is 11.7. The molecule has 2 heterocycles. The molecule has 1 saturated heterocycles. The van der Waals surface area contributed by atoms with E-state index >= 15 is 0 Å². The van der Waals surface area contributed by atoms with Crippen LogP contribution in [0.25, 0.3) is 11.0 Å². The van der Waals surface area contributed by atoms with Crippen molar-refractivity contribution in [1.29, 1.82) is 0 Å². The number of fused-ring (bicyclic) bond motifs is 1. The van der Waals surface area contributed by atoms with Crippen LogP contribution in [-0.2, 0) is 11.3 Å². The predicted octanol–water partition coefficient (Wildman–Crippen LogP) is -0.0911. The molecule has 0 amide bonds. The van der Waals surface area contributed by atoms with Gasteiger partial charge in [-0.15, -0.1) is 0 Å². The van der Waals surface area contributed by atoms with E-state index in [-0.39, 0.29) is 25.6 Å². The van der Waals surface area contributed by atoms with Crippen LogP contribution in [0.3, 0.4) is 0 Å². The van der Waals surface area contributed by atoms with Gasteiger partial charge in [-0.05, 0) is 18.6 Å². The maximum absolute atomic E-state index is 9.89. The SMILES string of the molecule is O=CO.OCCn1c(N2CC[C@H](O)[C@H](CO)C2)nc2ccccc21. The lowest BCUT2D eigenvalue weighted by atomic mass is 9.96. The highest BCUT2D eigenvalue weighted by atomic mass is 16.3. The van der Waals surface area contributed by atoms with E-state index in [9.17, 15) is 15.3 Å². The first kappa shape index (κ1) is 18.2. The number of aliphatic hydroxyl groups excluding tert-OH is 3. The smallest absolute Gasteiger partial charge is 0.290 e. The number of anilines is 1. The van der Waals surface area contributed by atoms with Gasteiger partial charge in [0.05, 0.1) is 30.4 Å². The molecule has 1 aromatic carbocycles. The van der Waals surface area contributed by atoms with Crippen molar-refractivity contribution in [2.24, 2.45) is 5.92 Å². The predicted molar refractivity (Wildman–Crippen MR) is 88.9 cm³/mol. The molecule has 0 spiro atoms. The molecule has 1 fully saturated rings. The molecule has 0 radical (unpaired) electrons. The Balaban J connectivity index is 0.000000647. The highest BCUT2D eigenvalue weighted by Crippen LogP contribution is 2.26. The molecule has 0 bridgehead atoms. The van der Waals surface area contributed by atoms with Gasteiger partial charge in [-0.1, -0.05) is 12.1 Å². The largest absolute Gasteiger partial charge is 0.483 e. The summed E-state index contributed by atoms with van der Waals surface area (Å²) in [5.74, 6) is 0.650. The van der Waals surface area contributed by atoms with Gasteiger partial charge in [0.25, 0.3) is 6.47 Å². The third-order valence-electron chi connectivity index (χ3n) is 4.17. The third kappa shape index (κ3) is 3.84. The lowest BCUT2D eigenvalue weighted by molar-refractivity contribution is -0.122. The Bertz CT molecular complexity index is 660. The van der Waals surface area contributed by atoms with Gasteiger partial charge >= 0.3 is 0 Å². The number of carboxylic acid groups (broad SMARTS) is 1. The summed E-state index contributed by atoms with van der Waals surface area (Å²) in [6.45, 7) is 1.53. The fraction of sp³-hybridized carbons (Fsp3) is 0.500. The number of rotatable bonds is 4. The zero-order chi connectivity index (χ0) is 17.5. The average Bonchev–Trinajstić information content (AvgIpc) is 2.95. The molecule has 8 nitrogen and oxygen atoms in total. The van der Waals surface area contributed by atoms with Crippen molar-refractivity contribution in [1.82, 2.24) is 9.55 Å². The number of aliphatic hydroxyl groups is 3. The second kappa shape index (κ2) is 8.62. The molecule has 0 aliphatic carbocycles. The Kier molecular flexibility index (Phi) is 6.53. The molecule has 1 aromatic heterocycles. The van der Waals surface area contributed by atoms with Gasteiger partial charge in [-0.3, -0.25) is 4.79 Å². The molecule has 8 heteroatoms. The van der Waals surface area contributed by atoms with Gasteiger partial charge in [0.2, 0.25) is 5.95 Å². The highest BCUT2D eigenvalue weighted by Gasteiger charge is 2.29. The van der Waals surface area contributed by atoms with Crippen molar-refractivity contribution >= 4 is 23.5 Å². The quantitative estimate of drug-likeness (QED) is 0.576. The number of imidazole rings is 1. The van der Waals surface area contributed by atoms with Crippen molar-refractivity contribution in [2.75, 3.05) is 31.2 Å². The lowest BCUT2D eigenvalue weighted by Crippen LogP contribution is -2.45. The molecular weight excluding hydrogens is 314 g/mol. The maximum Gasteiger partial charge on any atom is 0.290 e. The normalized spacial score (nSPS) is 20.5. The summed E-state index contributed by atoms with van der Waals surface area (Å²) in [5, 5.41) is 35.5. The second-order valence-corrected chi connectivity index (χ2v) is 5.63. The van der Waals surface area contributed by atoms with E-state index in [0.717, 1.165) is 17.0 Å². The fourth-order valence-electron chi connectivity index (χ4n) is 3.01. The summed E-state index contributed by atoms with van der Waals surface area (Å²) >= 11 is 0. The van der Waals surface area contributed by atoms with Gasteiger partial charge in [0, 0.05) is 25.6 Å². The molecule has 24 heavy (non-hydrogen) atoms. The Morgan fingerprint density at radius 2 is 2.00 bits per heavy atom. The summed E-state index contributed by atoms with van der Waals surface area (Å²) in [7, 11) is 0. The second-order valence-electron chi connectivity index (χ2n) is 5.63. The first-order valence-corrected chi connectivity index (χ1v) is 7.84. The molecule has 1 aliphatic rings. The van der Waals surface area contributed by atoms with E-state index in [1.165, 1.54) is 0 Å². The fourth-order valence-corrected chi connectivity index (χ4v) is 3.01. The van der Waals surface area contributed by atoms with Crippen LogP contribution in [-0.4, -0.2) is 68.9 Å².